The largest absolute Gasteiger partial charge is 0.379 e. The molecule has 3 aromatic rings. The van der Waals surface area contributed by atoms with Crippen LogP contribution in [0.2, 0.25) is 0 Å². The summed E-state index contributed by atoms with van der Waals surface area (Å²) in [6.07, 6.45) is 0. The molecular formula is C22H21FN2O4S. The van der Waals surface area contributed by atoms with Crippen molar-refractivity contribution in [3.05, 3.63) is 72.0 Å². The normalized spacial score (nSPS) is 15.3. The van der Waals surface area contributed by atoms with Gasteiger partial charge in [0.25, 0.3) is 5.91 Å². The van der Waals surface area contributed by atoms with E-state index in [9.17, 15) is 17.6 Å². The van der Waals surface area contributed by atoms with Gasteiger partial charge in [0, 0.05) is 31.4 Å². The van der Waals surface area contributed by atoms with E-state index in [1.165, 1.54) is 15.3 Å². The molecular weight excluding hydrogens is 407 g/mol. The molecule has 0 spiro atoms. The van der Waals surface area contributed by atoms with Gasteiger partial charge < -0.3 is 9.64 Å². The lowest BCUT2D eigenvalue weighted by Gasteiger charge is -2.26. The molecule has 1 aliphatic rings. The number of nitrogens with zero attached hydrogens (tertiary/aromatic N) is 2. The van der Waals surface area contributed by atoms with Gasteiger partial charge in [-0.15, -0.1) is 0 Å². The Bertz CT molecular complexity index is 1210. The summed E-state index contributed by atoms with van der Waals surface area (Å²) in [7, 11) is -2.46. The molecule has 1 saturated heterocycles. The summed E-state index contributed by atoms with van der Waals surface area (Å²) in [5.74, 6) is -1.31. The zero-order valence-electron chi connectivity index (χ0n) is 16.4. The third kappa shape index (κ3) is 3.81. The van der Waals surface area contributed by atoms with E-state index in [4.69, 9.17) is 4.74 Å². The van der Waals surface area contributed by atoms with E-state index in [1.807, 2.05) is 42.5 Å². The third-order valence-corrected chi connectivity index (χ3v) is 7.10. The van der Waals surface area contributed by atoms with Crippen LogP contribution in [-0.4, -0.2) is 52.0 Å². The Morgan fingerprint density at radius 3 is 2.43 bits per heavy atom. The van der Waals surface area contributed by atoms with Gasteiger partial charge in [-0.3, -0.25) is 4.79 Å². The van der Waals surface area contributed by atoms with Crippen molar-refractivity contribution in [1.29, 1.82) is 0 Å². The maximum atomic E-state index is 14.4. The number of carbonyl (C=O) groups excluding carboxylic acids is 1. The number of sulfonamides is 1. The van der Waals surface area contributed by atoms with Crippen molar-refractivity contribution in [3.63, 3.8) is 0 Å². The summed E-state index contributed by atoms with van der Waals surface area (Å²) in [4.78, 5) is 13.9. The number of carbonyl (C=O) groups is 1. The number of amides is 1. The molecule has 1 fully saturated rings. The number of rotatable bonds is 4. The number of halogens is 1. The van der Waals surface area contributed by atoms with E-state index in [1.54, 1.807) is 7.05 Å². The van der Waals surface area contributed by atoms with Crippen molar-refractivity contribution in [1.82, 2.24) is 4.31 Å². The van der Waals surface area contributed by atoms with Gasteiger partial charge in [-0.05, 0) is 41.1 Å². The standard InChI is InChI=1S/C22H21FN2O4S/c1-24(19-8-6-16-4-2-3-5-17(16)14-19)22(26)18-7-9-20(23)21(15-18)30(27,28)25-10-12-29-13-11-25/h2-9,14-15H,10-13H2,1H3. The Hall–Kier alpha value is -2.81. The van der Waals surface area contributed by atoms with Crippen molar-refractivity contribution in [2.45, 2.75) is 4.90 Å². The number of ether oxygens (including phenoxy) is 1. The number of hydrogen-bond donors (Lipinski definition) is 0. The lowest BCUT2D eigenvalue weighted by atomic mass is 10.1. The van der Waals surface area contributed by atoms with Gasteiger partial charge in [0.1, 0.15) is 10.7 Å². The first-order chi connectivity index (χ1) is 14.4. The van der Waals surface area contributed by atoms with Crippen molar-refractivity contribution in [2.24, 2.45) is 0 Å². The molecule has 0 N–H and O–H groups in total. The number of morpholine rings is 1. The predicted molar refractivity (Wildman–Crippen MR) is 113 cm³/mol. The molecule has 0 radical (unpaired) electrons. The van der Waals surface area contributed by atoms with Gasteiger partial charge in [0.05, 0.1) is 13.2 Å². The average Bonchev–Trinajstić information content (AvgIpc) is 2.78. The summed E-state index contributed by atoms with van der Waals surface area (Å²) in [5, 5.41) is 2.02. The second-order valence-corrected chi connectivity index (χ2v) is 8.96. The first kappa shape index (κ1) is 20.5. The van der Waals surface area contributed by atoms with E-state index in [2.05, 4.69) is 0 Å². The summed E-state index contributed by atoms with van der Waals surface area (Å²) in [5.41, 5.74) is 0.750. The topological polar surface area (TPSA) is 66.9 Å². The molecule has 6 nitrogen and oxygen atoms in total. The Morgan fingerprint density at radius 1 is 1.00 bits per heavy atom. The lowest BCUT2D eigenvalue weighted by Crippen LogP contribution is -2.41. The minimum Gasteiger partial charge on any atom is -0.379 e. The van der Waals surface area contributed by atoms with Crippen molar-refractivity contribution < 1.29 is 22.3 Å². The molecule has 0 unspecified atom stereocenters. The molecule has 1 amide bonds. The Kier molecular flexibility index (Phi) is 5.55. The smallest absolute Gasteiger partial charge is 0.258 e. The number of benzene rings is 3. The molecule has 156 valence electrons. The highest BCUT2D eigenvalue weighted by Gasteiger charge is 2.30. The van der Waals surface area contributed by atoms with E-state index in [0.29, 0.717) is 5.69 Å². The molecule has 30 heavy (non-hydrogen) atoms. The van der Waals surface area contributed by atoms with Crippen LogP contribution in [0.4, 0.5) is 10.1 Å². The molecule has 0 saturated carbocycles. The van der Waals surface area contributed by atoms with E-state index in [-0.39, 0.29) is 31.9 Å². The van der Waals surface area contributed by atoms with Crippen LogP contribution >= 0.6 is 0 Å². The monoisotopic (exact) mass is 428 g/mol. The molecule has 1 aliphatic heterocycles. The SMILES string of the molecule is CN(C(=O)c1ccc(F)c(S(=O)(=O)N2CCOCC2)c1)c1ccc2ccccc2c1. The highest BCUT2D eigenvalue weighted by atomic mass is 32.2. The Morgan fingerprint density at radius 2 is 1.70 bits per heavy atom. The average molecular weight is 428 g/mol. The van der Waals surface area contributed by atoms with Crippen LogP contribution in [0.15, 0.2) is 65.6 Å². The molecule has 0 bridgehead atoms. The van der Waals surface area contributed by atoms with E-state index >= 15 is 0 Å². The first-order valence-electron chi connectivity index (χ1n) is 9.52. The zero-order chi connectivity index (χ0) is 21.3. The summed E-state index contributed by atoms with van der Waals surface area (Å²) < 4.78 is 46.5. The molecule has 0 aromatic heterocycles. The van der Waals surface area contributed by atoms with Gasteiger partial charge in [0.15, 0.2) is 0 Å². The molecule has 8 heteroatoms. The molecule has 1 heterocycles. The summed E-state index contributed by atoms with van der Waals surface area (Å²) >= 11 is 0. The predicted octanol–water partition coefficient (Wildman–Crippen LogP) is 3.28. The van der Waals surface area contributed by atoms with Crippen LogP contribution in [0.25, 0.3) is 10.8 Å². The molecule has 0 atom stereocenters. The Labute approximate surface area is 174 Å². The zero-order valence-corrected chi connectivity index (χ0v) is 17.2. The molecule has 0 aliphatic carbocycles. The number of anilines is 1. The van der Waals surface area contributed by atoms with Crippen molar-refractivity contribution in [2.75, 3.05) is 38.3 Å². The minimum atomic E-state index is -4.06. The van der Waals surface area contributed by atoms with Gasteiger partial charge in [-0.2, -0.15) is 4.31 Å². The fourth-order valence-electron chi connectivity index (χ4n) is 3.46. The van der Waals surface area contributed by atoms with Crippen LogP contribution in [0, 0.1) is 5.82 Å². The van der Waals surface area contributed by atoms with Gasteiger partial charge in [0.2, 0.25) is 10.0 Å². The van der Waals surface area contributed by atoms with Crippen LogP contribution in [-0.2, 0) is 14.8 Å². The summed E-state index contributed by atoms with van der Waals surface area (Å²) in [6.45, 7) is 0.808. The van der Waals surface area contributed by atoms with Crippen LogP contribution in [0.5, 0.6) is 0 Å². The van der Waals surface area contributed by atoms with Gasteiger partial charge in [-0.25, -0.2) is 12.8 Å². The van der Waals surface area contributed by atoms with Gasteiger partial charge in [-0.1, -0.05) is 30.3 Å². The second kappa shape index (κ2) is 8.14. The number of fused-ring (bicyclic) bond motifs is 1. The molecule has 4 rings (SSSR count). The van der Waals surface area contributed by atoms with Crippen LogP contribution < -0.4 is 4.90 Å². The lowest BCUT2D eigenvalue weighted by molar-refractivity contribution is 0.0729. The summed E-state index contributed by atoms with van der Waals surface area (Å²) in [6, 6.07) is 16.8. The quantitative estimate of drug-likeness (QED) is 0.640. The molecule has 3 aromatic carbocycles. The van der Waals surface area contributed by atoms with Crippen molar-refractivity contribution >= 4 is 32.4 Å². The second-order valence-electron chi connectivity index (χ2n) is 7.06. The van der Waals surface area contributed by atoms with Crippen LogP contribution in [0.3, 0.4) is 0 Å². The minimum absolute atomic E-state index is 0.0962. The highest BCUT2D eigenvalue weighted by molar-refractivity contribution is 7.89. The van der Waals surface area contributed by atoms with E-state index < -0.39 is 26.6 Å². The fraction of sp³-hybridized carbons (Fsp3) is 0.227. The fourth-order valence-corrected chi connectivity index (χ4v) is 4.95. The van der Waals surface area contributed by atoms with E-state index in [0.717, 1.165) is 22.9 Å². The first-order valence-corrected chi connectivity index (χ1v) is 11.0. The van der Waals surface area contributed by atoms with Gasteiger partial charge >= 0.3 is 0 Å². The Balaban J connectivity index is 1.66. The van der Waals surface area contributed by atoms with Crippen molar-refractivity contribution in [3.8, 4) is 0 Å². The maximum absolute atomic E-state index is 14.4. The maximum Gasteiger partial charge on any atom is 0.258 e. The third-order valence-electron chi connectivity index (χ3n) is 5.19. The number of hydrogen-bond acceptors (Lipinski definition) is 4. The van der Waals surface area contributed by atoms with Crippen LogP contribution in [0.1, 0.15) is 10.4 Å². The highest BCUT2D eigenvalue weighted by Crippen LogP contribution is 2.25.